The molecule has 0 N–H and O–H groups in total. The molecule has 0 radical (unpaired) electrons. The Bertz CT molecular complexity index is 406. The molecule has 0 atom stereocenters. The van der Waals surface area contributed by atoms with Gasteiger partial charge in [0.15, 0.2) is 0 Å². The van der Waals surface area contributed by atoms with Crippen molar-refractivity contribution in [3.8, 4) is 0 Å². The van der Waals surface area contributed by atoms with Gasteiger partial charge in [0.25, 0.3) is 0 Å². The number of hydrogen-bond acceptors (Lipinski definition) is 2. The molecule has 1 aromatic carbocycles. The van der Waals surface area contributed by atoms with Crippen LogP contribution in [0.2, 0.25) is 0 Å². The third-order valence-corrected chi connectivity index (χ3v) is 3.91. The summed E-state index contributed by atoms with van der Waals surface area (Å²) in [7, 11) is 0. The van der Waals surface area contributed by atoms with E-state index in [0.717, 1.165) is 51.3 Å². The van der Waals surface area contributed by atoms with E-state index in [1.165, 1.54) is 12.1 Å². The van der Waals surface area contributed by atoms with Gasteiger partial charge in [-0.1, -0.05) is 19.1 Å². The Hall–Kier alpha value is -1.07. The van der Waals surface area contributed by atoms with Crippen molar-refractivity contribution in [2.45, 2.75) is 19.5 Å². The largest absolute Gasteiger partial charge is 0.416 e. The Kier molecular flexibility index (Phi) is 5.05. The molecule has 1 aliphatic rings. The lowest BCUT2D eigenvalue weighted by atomic mass is 10.1. The highest BCUT2D eigenvalue weighted by Gasteiger charge is 2.29. The molecule has 0 amide bonds. The smallest absolute Gasteiger partial charge is 0.301 e. The maximum atomic E-state index is 12.5. The van der Waals surface area contributed by atoms with Crippen LogP contribution in [0.4, 0.5) is 13.2 Å². The number of hydrogen-bond donors (Lipinski definition) is 0. The zero-order valence-corrected chi connectivity index (χ0v) is 11.8. The lowest BCUT2D eigenvalue weighted by Gasteiger charge is -2.34. The minimum absolute atomic E-state index is 0.571. The summed E-state index contributed by atoms with van der Waals surface area (Å²) in [6, 6.07) is 5.52. The quantitative estimate of drug-likeness (QED) is 0.840. The van der Waals surface area contributed by atoms with Crippen LogP contribution in [0.1, 0.15) is 18.1 Å². The highest BCUT2D eigenvalue weighted by atomic mass is 19.4. The Balaban J connectivity index is 1.80. The number of alkyl halides is 3. The van der Waals surface area contributed by atoms with Crippen LogP contribution in [-0.2, 0) is 12.6 Å². The molecule has 0 aliphatic carbocycles. The first-order valence-corrected chi connectivity index (χ1v) is 7.10. The number of nitrogens with zero attached hydrogens (tertiary/aromatic N) is 2. The summed E-state index contributed by atoms with van der Waals surface area (Å²) in [5.41, 5.74) is 0.397. The van der Waals surface area contributed by atoms with E-state index in [0.29, 0.717) is 0 Å². The third-order valence-electron chi connectivity index (χ3n) is 3.91. The topological polar surface area (TPSA) is 6.48 Å². The highest BCUT2D eigenvalue weighted by Crippen LogP contribution is 2.29. The second kappa shape index (κ2) is 6.59. The van der Waals surface area contributed by atoms with E-state index in [1.54, 1.807) is 12.1 Å². The summed E-state index contributed by atoms with van der Waals surface area (Å²) in [6.07, 6.45) is -3.43. The Morgan fingerprint density at radius 3 is 2.00 bits per heavy atom. The van der Waals surface area contributed by atoms with Crippen LogP contribution >= 0.6 is 0 Å². The first-order chi connectivity index (χ1) is 9.49. The van der Waals surface area contributed by atoms with Gasteiger partial charge >= 0.3 is 6.18 Å². The molecule has 1 saturated heterocycles. The van der Waals surface area contributed by atoms with Crippen LogP contribution in [0, 0.1) is 0 Å². The number of likely N-dealkylation sites (N-methyl/N-ethyl adjacent to an activating group) is 1. The van der Waals surface area contributed by atoms with Gasteiger partial charge in [-0.2, -0.15) is 13.2 Å². The monoisotopic (exact) mass is 286 g/mol. The van der Waals surface area contributed by atoms with Gasteiger partial charge in [-0.25, -0.2) is 0 Å². The molecule has 0 bridgehead atoms. The molecule has 1 aliphatic heterocycles. The molecule has 1 heterocycles. The lowest BCUT2D eigenvalue weighted by molar-refractivity contribution is -0.137. The highest BCUT2D eigenvalue weighted by molar-refractivity contribution is 5.24. The van der Waals surface area contributed by atoms with Crippen molar-refractivity contribution in [1.29, 1.82) is 0 Å². The molecule has 1 fully saturated rings. The van der Waals surface area contributed by atoms with Crippen molar-refractivity contribution >= 4 is 0 Å². The minimum atomic E-state index is -4.24. The van der Waals surface area contributed by atoms with Gasteiger partial charge in [-0.15, -0.1) is 0 Å². The van der Waals surface area contributed by atoms with Gasteiger partial charge in [-0.3, -0.25) is 0 Å². The number of piperazine rings is 1. The van der Waals surface area contributed by atoms with Gasteiger partial charge in [0.05, 0.1) is 5.56 Å². The van der Waals surface area contributed by atoms with Crippen LogP contribution in [-0.4, -0.2) is 49.1 Å². The molecule has 112 valence electrons. The molecule has 20 heavy (non-hydrogen) atoms. The third kappa shape index (κ3) is 4.21. The van der Waals surface area contributed by atoms with E-state index in [-0.39, 0.29) is 0 Å². The summed E-state index contributed by atoms with van der Waals surface area (Å²) in [5.74, 6) is 0. The molecule has 1 aromatic rings. The van der Waals surface area contributed by atoms with Crippen LogP contribution < -0.4 is 0 Å². The van der Waals surface area contributed by atoms with Gasteiger partial charge in [-0.05, 0) is 30.7 Å². The molecule has 2 nitrogen and oxygen atoms in total. The molecule has 0 saturated carbocycles. The normalized spacial score (nSPS) is 18.4. The SMILES string of the molecule is CCN1CCN(CCc2ccc(C(F)(F)F)cc2)CC1. The van der Waals surface area contributed by atoms with E-state index in [1.807, 2.05) is 0 Å². The maximum absolute atomic E-state index is 12.5. The van der Waals surface area contributed by atoms with Crippen LogP contribution in [0.5, 0.6) is 0 Å². The Morgan fingerprint density at radius 1 is 0.950 bits per heavy atom. The van der Waals surface area contributed by atoms with Gasteiger partial charge in [0.1, 0.15) is 0 Å². The molecular formula is C15H21F3N2. The van der Waals surface area contributed by atoms with Crippen LogP contribution in [0.25, 0.3) is 0 Å². The van der Waals surface area contributed by atoms with E-state index in [2.05, 4.69) is 16.7 Å². The zero-order valence-electron chi connectivity index (χ0n) is 11.8. The standard InChI is InChI=1S/C15H21F3N2/c1-2-19-9-11-20(12-10-19)8-7-13-3-5-14(6-4-13)15(16,17)18/h3-6H,2,7-12H2,1H3. The summed E-state index contributed by atoms with van der Waals surface area (Å²) < 4.78 is 37.4. The Morgan fingerprint density at radius 2 is 1.50 bits per heavy atom. The average molecular weight is 286 g/mol. The number of halogens is 3. The fourth-order valence-electron chi connectivity index (χ4n) is 2.48. The van der Waals surface area contributed by atoms with Gasteiger partial charge in [0, 0.05) is 32.7 Å². The van der Waals surface area contributed by atoms with Gasteiger partial charge in [0.2, 0.25) is 0 Å². The van der Waals surface area contributed by atoms with E-state index in [4.69, 9.17) is 0 Å². The predicted molar refractivity (Wildman–Crippen MR) is 73.7 cm³/mol. The molecular weight excluding hydrogens is 265 g/mol. The summed E-state index contributed by atoms with van der Waals surface area (Å²) in [5, 5.41) is 0. The average Bonchev–Trinajstić information content (AvgIpc) is 2.45. The van der Waals surface area contributed by atoms with E-state index < -0.39 is 11.7 Å². The summed E-state index contributed by atoms with van der Waals surface area (Å²) in [4.78, 5) is 4.79. The lowest BCUT2D eigenvalue weighted by Crippen LogP contribution is -2.46. The van der Waals surface area contributed by atoms with Crippen molar-refractivity contribution in [3.63, 3.8) is 0 Å². The van der Waals surface area contributed by atoms with Crippen molar-refractivity contribution < 1.29 is 13.2 Å². The van der Waals surface area contributed by atoms with Gasteiger partial charge < -0.3 is 9.80 Å². The maximum Gasteiger partial charge on any atom is 0.416 e. The molecule has 0 unspecified atom stereocenters. The number of benzene rings is 1. The van der Waals surface area contributed by atoms with Crippen LogP contribution in [0.15, 0.2) is 24.3 Å². The van der Waals surface area contributed by atoms with E-state index >= 15 is 0 Å². The van der Waals surface area contributed by atoms with Crippen molar-refractivity contribution in [2.24, 2.45) is 0 Å². The second-order valence-electron chi connectivity index (χ2n) is 5.22. The van der Waals surface area contributed by atoms with Crippen molar-refractivity contribution in [1.82, 2.24) is 9.80 Å². The van der Waals surface area contributed by atoms with Crippen LogP contribution in [0.3, 0.4) is 0 Å². The summed E-state index contributed by atoms with van der Waals surface area (Å²) in [6.45, 7) is 8.45. The predicted octanol–water partition coefficient (Wildman–Crippen LogP) is 2.89. The zero-order chi connectivity index (χ0) is 14.6. The number of rotatable bonds is 4. The van der Waals surface area contributed by atoms with Crippen molar-refractivity contribution in [3.05, 3.63) is 35.4 Å². The molecule has 0 aromatic heterocycles. The Labute approximate surface area is 118 Å². The fourth-order valence-corrected chi connectivity index (χ4v) is 2.48. The molecule has 2 rings (SSSR count). The fraction of sp³-hybridized carbons (Fsp3) is 0.600. The first kappa shape index (κ1) is 15.3. The van der Waals surface area contributed by atoms with Crippen molar-refractivity contribution in [2.75, 3.05) is 39.3 Å². The minimum Gasteiger partial charge on any atom is -0.301 e. The first-order valence-electron chi connectivity index (χ1n) is 7.10. The molecule has 0 spiro atoms. The second-order valence-corrected chi connectivity index (χ2v) is 5.22. The molecule has 5 heteroatoms. The summed E-state index contributed by atoms with van der Waals surface area (Å²) >= 11 is 0. The van der Waals surface area contributed by atoms with E-state index in [9.17, 15) is 13.2 Å².